The lowest BCUT2D eigenvalue weighted by atomic mass is 10.0. The Balaban J connectivity index is 1.66. The lowest BCUT2D eigenvalue weighted by Crippen LogP contribution is -2.27. The SMILES string of the molecule is CSCc1ccc(CNCC2CCOCC2)o1. The zero-order chi connectivity index (χ0) is 11.9. The molecule has 1 N–H and O–H groups in total. The number of ether oxygens (including phenoxy) is 1. The molecule has 17 heavy (non-hydrogen) atoms. The van der Waals surface area contributed by atoms with Crippen molar-refractivity contribution in [3.8, 4) is 0 Å². The largest absolute Gasteiger partial charge is 0.464 e. The molecular weight excluding hydrogens is 234 g/mol. The van der Waals surface area contributed by atoms with Crippen LogP contribution < -0.4 is 5.32 Å². The molecule has 2 heterocycles. The molecule has 0 aliphatic carbocycles. The van der Waals surface area contributed by atoms with E-state index in [0.717, 1.165) is 49.5 Å². The average molecular weight is 255 g/mol. The first-order chi connectivity index (χ1) is 8.38. The van der Waals surface area contributed by atoms with Crippen LogP contribution in [0.4, 0.5) is 0 Å². The highest BCUT2D eigenvalue weighted by Crippen LogP contribution is 2.15. The summed E-state index contributed by atoms with van der Waals surface area (Å²) >= 11 is 1.79. The first kappa shape index (κ1) is 13.0. The number of rotatable bonds is 6. The van der Waals surface area contributed by atoms with Crippen molar-refractivity contribution in [1.29, 1.82) is 0 Å². The lowest BCUT2D eigenvalue weighted by Gasteiger charge is -2.21. The fraction of sp³-hybridized carbons (Fsp3) is 0.692. The molecule has 3 nitrogen and oxygen atoms in total. The summed E-state index contributed by atoms with van der Waals surface area (Å²) in [5.41, 5.74) is 0. The number of hydrogen-bond acceptors (Lipinski definition) is 4. The topological polar surface area (TPSA) is 34.4 Å². The van der Waals surface area contributed by atoms with Gasteiger partial charge in [-0.2, -0.15) is 11.8 Å². The standard InChI is InChI=1S/C13H21NO2S/c1-17-10-13-3-2-12(16-13)9-14-8-11-4-6-15-7-5-11/h2-3,11,14H,4-10H2,1H3. The van der Waals surface area contributed by atoms with Gasteiger partial charge in [-0.25, -0.2) is 0 Å². The van der Waals surface area contributed by atoms with Gasteiger partial charge in [0.25, 0.3) is 0 Å². The van der Waals surface area contributed by atoms with E-state index < -0.39 is 0 Å². The smallest absolute Gasteiger partial charge is 0.117 e. The van der Waals surface area contributed by atoms with Crippen LogP contribution in [0.2, 0.25) is 0 Å². The summed E-state index contributed by atoms with van der Waals surface area (Å²) in [6.45, 7) is 3.75. The number of furan rings is 1. The van der Waals surface area contributed by atoms with Crippen molar-refractivity contribution in [2.75, 3.05) is 26.0 Å². The summed E-state index contributed by atoms with van der Waals surface area (Å²) < 4.78 is 11.1. The van der Waals surface area contributed by atoms with Gasteiger partial charge in [-0.05, 0) is 43.7 Å². The molecule has 0 saturated carbocycles. The molecule has 1 aromatic heterocycles. The van der Waals surface area contributed by atoms with Crippen molar-refractivity contribution < 1.29 is 9.15 Å². The average Bonchev–Trinajstić information content (AvgIpc) is 2.79. The maximum Gasteiger partial charge on any atom is 0.117 e. The van der Waals surface area contributed by atoms with Gasteiger partial charge in [0.05, 0.1) is 12.3 Å². The lowest BCUT2D eigenvalue weighted by molar-refractivity contribution is 0.0661. The molecule has 1 saturated heterocycles. The van der Waals surface area contributed by atoms with E-state index >= 15 is 0 Å². The van der Waals surface area contributed by atoms with Gasteiger partial charge in [0.15, 0.2) is 0 Å². The Morgan fingerprint density at radius 2 is 2.06 bits per heavy atom. The molecule has 1 aliphatic heterocycles. The second-order valence-electron chi connectivity index (χ2n) is 4.49. The molecule has 0 aromatic carbocycles. The minimum absolute atomic E-state index is 0.768. The van der Waals surface area contributed by atoms with Gasteiger partial charge in [0.1, 0.15) is 11.5 Å². The molecule has 0 unspecified atom stereocenters. The molecule has 96 valence electrons. The van der Waals surface area contributed by atoms with E-state index in [1.54, 1.807) is 11.8 Å². The van der Waals surface area contributed by atoms with Crippen LogP contribution in [0.1, 0.15) is 24.4 Å². The third-order valence-corrected chi connectivity index (χ3v) is 3.65. The second kappa shape index (κ2) is 7.09. The van der Waals surface area contributed by atoms with Crippen LogP contribution in [0.15, 0.2) is 16.5 Å². The van der Waals surface area contributed by atoms with Crippen LogP contribution in [0.3, 0.4) is 0 Å². The van der Waals surface area contributed by atoms with Gasteiger partial charge >= 0.3 is 0 Å². The summed E-state index contributed by atoms with van der Waals surface area (Å²) in [5.74, 6) is 3.84. The van der Waals surface area contributed by atoms with Crippen LogP contribution in [0.25, 0.3) is 0 Å². The maximum absolute atomic E-state index is 5.71. The fourth-order valence-electron chi connectivity index (χ4n) is 2.09. The Kier molecular flexibility index (Phi) is 5.42. The zero-order valence-corrected chi connectivity index (χ0v) is 11.2. The predicted molar refractivity (Wildman–Crippen MR) is 71.2 cm³/mol. The molecule has 0 bridgehead atoms. The quantitative estimate of drug-likeness (QED) is 0.847. The molecule has 1 aliphatic rings. The minimum atomic E-state index is 0.768. The predicted octanol–water partition coefficient (Wildman–Crippen LogP) is 2.66. The third kappa shape index (κ3) is 4.37. The first-order valence-electron chi connectivity index (χ1n) is 6.23. The number of thioether (sulfide) groups is 1. The van der Waals surface area contributed by atoms with Gasteiger partial charge in [0, 0.05) is 13.2 Å². The Morgan fingerprint density at radius 1 is 1.29 bits per heavy atom. The van der Waals surface area contributed by atoms with Crippen LogP contribution in [-0.2, 0) is 17.0 Å². The third-order valence-electron chi connectivity index (χ3n) is 3.08. The van der Waals surface area contributed by atoms with Gasteiger partial charge in [0.2, 0.25) is 0 Å². The van der Waals surface area contributed by atoms with Crippen molar-refractivity contribution in [3.05, 3.63) is 23.7 Å². The normalized spacial score (nSPS) is 17.5. The molecule has 0 spiro atoms. The van der Waals surface area contributed by atoms with E-state index in [4.69, 9.17) is 9.15 Å². The molecule has 1 aromatic rings. The Bertz CT molecular complexity index is 321. The van der Waals surface area contributed by atoms with E-state index in [2.05, 4.69) is 23.7 Å². The monoisotopic (exact) mass is 255 g/mol. The van der Waals surface area contributed by atoms with E-state index in [1.165, 1.54) is 12.8 Å². The molecule has 0 atom stereocenters. The van der Waals surface area contributed by atoms with Gasteiger partial charge in [-0.1, -0.05) is 0 Å². The Hall–Kier alpha value is -0.450. The molecule has 0 amide bonds. The Morgan fingerprint density at radius 3 is 2.82 bits per heavy atom. The highest BCUT2D eigenvalue weighted by atomic mass is 32.2. The van der Waals surface area contributed by atoms with Crippen LogP contribution in [0.5, 0.6) is 0 Å². The Labute approximate surface area is 107 Å². The molecule has 4 heteroatoms. The maximum atomic E-state index is 5.71. The highest BCUT2D eigenvalue weighted by Gasteiger charge is 2.13. The number of nitrogens with one attached hydrogen (secondary N) is 1. The summed E-state index contributed by atoms with van der Waals surface area (Å²) in [6, 6.07) is 4.14. The highest BCUT2D eigenvalue weighted by molar-refractivity contribution is 7.97. The van der Waals surface area contributed by atoms with E-state index in [9.17, 15) is 0 Å². The van der Waals surface area contributed by atoms with Crippen molar-refractivity contribution in [2.45, 2.75) is 25.1 Å². The summed E-state index contributed by atoms with van der Waals surface area (Å²) in [4.78, 5) is 0. The van der Waals surface area contributed by atoms with E-state index in [1.807, 2.05) is 0 Å². The van der Waals surface area contributed by atoms with Crippen molar-refractivity contribution in [3.63, 3.8) is 0 Å². The number of hydrogen-bond donors (Lipinski definition) is 1. The van der Waals surface area contributed by atoms with E-state index in [0.29, 0.717) is 0 Å². The fourth-order valence-corrected chi connectivity index (χ4v) is 2.53. The molecule has 1 fully saturated rings. The summed E-state index contributed by atoms with van der Waals surface area (Å²) in [5, 5.41) is 3.47. The zero-order valence-electron chi connectivity index (χ0n) is 10.4. The van der Waals surface area contributed by atoms with Crippen LogP contribution in [-0.4, -0.2) is 26.0 Å². The molecule has 0 radical (unpaired) electrons. The van der Waals surface area contributed by atoms with Crippen molar-refractivity contribution >= 4 is 11.8 Å². The minimum Gasteiger partial charge on any atom is -0.464 e. The second-order valence-corrected chi connectivity index (χ2v) is 5.35. The van der Waals surface area contributed by atoms with E-state index in [-0.39, 0.29) is 0 Å². The first-order valence-corrected chi connectivity index (χ1v) is 7.63. The van der Waals surface area contributed by atoms with Crippen LogP contribution >= 0.6 is 11.8 Å². The van der Waals surface area contributed by atoms with Gasteiger partial charge < -0.3 is 14.5 Å². The van der Waals surface area contributed by atoms with Gasteiger partial charge in [-0.3, -0.25) is 0 Å². The van der Waals surface area contributed by atoms with Crippen molar-refractivity contribution in [2.24, 2.45) is 5.92 Å². The van der Waals surface area contributed by atoms with Crippen molar-refractivity contribution in [1.82, 2.24) is 5.32 Å². The molecular formula is C13H21NO2S. The van der Waals surface area contributed by atoms with Gasteiger partial charge in [-0.15, -0.1) is 0 Å². The summed E-state index contributed by atoms with van der Waals surface area (Å²) in [6.07, 6.45) is 4.46. The van der Waals surface area contributed by atoms with Crippen LogP contribution in [0, 0.1) is 5.92 Å². The molecule has 2 rings (SSSR count). The summed E-state index contributed by atoms with van der Waals surface area (Å²) in [7, 11) is 0.